The van der Waals surface area contributed by atoms with Crippen LogP contribution in [0.4, 0.5) is 0 Å². The van der Waals surface area contributed by atoms with Crippen LogP contribution in [0.1, 0.15) is 138 Å². The Kier molecular flexibility index (Phi) is 7.75. The molecule has 9 atom stereocenters. The first-order valence-corrected chi connectivity index (χ1v) is 20.4. The molecule has 4 nitrogen and oxygen atoms in total. The Morgan fingerprint density at radius 3 is 2.07 bits per heavy atom. The SMILES string of the molecule is CCN1CCN(C2CCN(C(=O)[C@]34CC[C@@H](C5(C)CC5)[C@@H]3[C@H]3CC[C@@H]5[C@]6(C)CC[CH]C(C)(C)[C@H]6CC[C@@]5(C)[C@]3(C)CC4)CC2)CC1. The summed E-state index contributed by atoms with van der Waals surface area (Å²) in [5, 5.41) is 0. The van der Waals surface area contributed by atoms with Gasteiger partial charge in [0.25, 0.3) is 0 Å². The number of likely N-dealkylation sites (N-methyl/N-ethyl adjacent to an activating group) is 1. The van der Waals surface area contributed by atoms with Gasteiger partial charge in [0.2, 0.25) is 5.91 Å². The fraction of sp³-hybridized carbons (Fsp3) is 0.952. The molecule has 0 N–H and O–H groups in total. The lowest BCUT2D eigenvalue weighted by Gasteiger charge is -2.72. The molecule has 2 saturated heterocycles. The van der Waals surface area contributed by atoms with Gasteiger partial charge in [-0.05, 0) is 160 Å². The van der Waals surface area contributed by atoms with Crippen molar-refractivity contribution in [1.82, 2.24) is 14.7 Å². The standard InChI is InChI=1S/C42H70N3O/c1-8-43-26-28-44(29-27-43)30-14-24-45(25-15-30)36(46)42-19-12-31(38(4)20-21-38)35(42)32-10-11-34-39(5)17-9-16-37(2,3)33(39)13-18-41(34,7)40(32,6)22-23-42/h16,30-35H,8-15,17-29H2,1-7H3/t31-,32-,33-,34-,35-,39-,40-,41-,42+/m1/s1. The van der Waals surface area contributed by atoms with E-state index in [9.17, 15) is 0 Å². The minimum absolute atomic E-state index is 0.0773. The second-order valence-electron chi connectivity index (χ2n) is 20.2. The van der Waals surface area contributed by atoms with Crippen LogP contribution in [0.15, 0.2) is 0 Å². The van der Waals surface area contributed by atoms with Gasteiger partial charge < -0.3 is 9.80 Å². The van der Waals surface area contributed by atoms with Crippen molar-refractivity contribution in [2.24, 2.45) is 62.1 Å². The number of fused-ring (bicyclic) bond motifs is 7. The second kappa shape index (κ2) is 10.9. The van der Waals surface area contributed by atoms with Crippen LogP contribution in [0.3, 0.4) is 0 Å². The molecular weight excluding hydrogens is 562 g/mol. The minimum atomic E-state index is -0.0773. The van der Waals surface area contributed by atoms with E-state index < -0.39 is 0 Å². The summed E-state index contributed by atoms with van der Waals surface area (Å²) >= 11 is 0. The number of likely N-dealkylation sites (tertiary alicyclic amines) is 1. The highest BCUT2D eigenvalue weighted by Gasteiger charge is 2.73. The lowest BCUT2D eigenvalue weighted by atomic mass is 9.32. The molecule has 2 aliphatic heterocycles. The van der Waals surface area contributed by atoms with Gasteiger partial charge >= 0.3 is 0 Å². The molecule has 0 bridgehead atoms. The number of hydrogen-bond donors (Lipinski definition) is 0. The van der Waals surface area contributed by atoms with Crippen molar-refractivity contribution in [2.45, 2.75) is 144 Å². The summed E-state index contributed by atoms with van der Waals surface area (Å²) in [6, 6.07) is 0.682. The second-order valence-corrected chi connectivity index (χ2v) is 20.2. The summed E-state index contributed by atoms with van der Waals surface area (Å²) in [6.07, 6.45) is 21.2. The van der Waals surface area contributed by atoms with Gasteiger partial charge in [-0.3, -0.25) is 9.69 Å². The van der Waals surface area contributed by atoms with Gasteiger partial charge in [-0.15, -0.1) is 0 Å². The molecule has 1 radical (unpaired) electrons. The molecule has 4 heteroatoms. The number of rotatable bonds is 4. The third-order valence-electron chi connectivity index (χ3n) is 18.4. The highest BCUT2D eigenvalue weighted by molar-refractivity contribution is 5.84. The zero-order valence-corrected chi connectivity index (χ0v) is 31.1. The summed E-state index contributed by atoms with van der Waals surface area (Å²) in [5.74, 6) is 4.40. The van der Waals surface area contributed by atoms with Crippen LogP contribution in [0.2, 0.25) is 0 Å². The first-order chi connectivity index (χ1) is 21.8. The molecule has 8 aliphatic rings. The van der Waals surface area contributed by atoms with E-state index in [0.29, 0.717) is 44.9 Å². The third-order valence-corrected chi connectivity index (χ3v) is 18.4. The van der Waals surface area contributed by atoms with E-state index >= 15 is 4.79 Å². The molecule has 0 unspecified atom stereocenters. The molecule has 2 heterocycles. The van der Waals surface area contributed by atoms with E-state index in [4.69, 9.17) is 0 Å². The molecule has 0 aromatic heterocycles. The maximum atomic E-state index is 15.2. The van der Waals surface area contributed by atoms with Crippen molar-refractivity contribution in [3.8, 4) is 0 Å². The van der Waals surface area contributed by atoms with Gasteiger partial charge in [-0.2, -0.15) is 0 Å². The van der Waals surface area contributed by atoms with Gasteiger partial charge in [0.15, 0.2) is 0 Å². The Hall–Kier alpha value is -0.610. The summed E-state index contributed by atoms with van der Waals surface area (Å²) in [6.45, 7) is 26.4. The smallest absolute Gasteiger partial charge is 0.229 e. The van der Waals surface area contributed by atoms with E-state index in [1.165, 1.54) is 123 Å². The van der Waals surface area contributed by atoms with Gasteiger partial charge in [-0.25, -0.2) is 0 Å². The van der Waals surface area contributed by atoms with Crippen LogP contribution in [-0.4, -0.2) is 72.5 Å². The predicted molar refractivity (Wildman–Crippen MR) is 189 cm³/mol. The zero-order chi connectivity index (χ0) is 32.3. The molecule has 6 saturated carbocycles. The van der Waals surface area contributed by atoms with Crippen molar-refractivity contribution in [1.29, 1.82) is 0 Å². The Morgan fingerprint density at radius 2 is 1.39 bits per heavy atom. The van der Waals surface area contributed by atoms with Crippen molar-refractivity contribution in [3.05, 3.63) is 6.42 Å². The Labute approximate surface area is 283 Å². The van der Waals surface area contributed by atoms with Crippen molar-refractivity contribution in [3.63, 3.8) is 0 Å². The molecule has 0 aromatic rings. The normalized spacial score (nSPS) is 49.0. The molecule has 46 heavy (non-hydrogen) atoms. The topological polar surface area (TPSA) is 26.8 Å². The fourth-order valence-corrected chi connectivity index (χ4v) is 15.3. The number of carbonyl (C=O) groups excluding carboxylic acids is 1. The number of amides is 1. The summed E-state index contributed by atoms with van der Waals surface area (Å²) in [7, 11) is 0. The molecule has 8 fully saturated rings. The van der Waals surface area contributed by atoms with Crippen LogP contribution >= 0.6 is 0 Å². The zero-order valence-electron chi connectivity index (χ0n) is 31.1. The molecule has 259 valence electrons. The van der Waals surface area contributed by atoms with E-state index in [-0.39, 0.29) is 5.41 Å². The maximum absolute atomic E-state index is 15.2. The Bertz CT molecular complexity index is 1180. The van der Waals surface area contributed by atoms with Gasteiger partial charge in [0.1, 0.15) is 0 Å². The third kappa shape index (κ3) is 4.52. The van der Waals surface area contributed by atoms with E-state index in [2.05, 4.69) is 69.6 Å². The van der Waals surface area contributed by atoms with E-state index in [1.54, 1.807) is 0 Å². The molecular formula is C42H70N3O. The van der Waals surface area contributed by atoms with Crippen LogP contribution in [0.25, 0.3) is 0 Å². The van der Waals surface area contributed by atoms with Crippen LogP contribution in [0, 0.1) is 68.5 Å². The van der Waals surface area contributed by atoms with Crippen molar-refractivity contribution in [2.75, 3.05) is 45.8 Å². The van der Waals surface area contributed by atoms with Gasteiger partial charge in [0.05, 0.1) is 5.41 Å². The molecule has 1 amide bonds. The lowest BCUT2D eigenvalue weighted by Crippen LogP contribution is -2.67. The number of nitrogens with zero attached hydrogens (tertiary/aromatic N) is 3. The summed E-state index contributed by atoms with van der Waals surface area (Å²) in [4.78, 5) is 22.9. The first-order valence-electron chi connectivity index (χ1n) is 20.4. The minimum Gasteiger partial charge on any atom is -0.342 e. The maximum Gasteiger partial charge on any atom is 0.229 e. The van der Waals surface area contributed by atoms with E-state index in [0.717, 1.165) is 36.8 Å². The monoisotopic (exact) mass is 633 g/mol. The Morgan fingerprint density at radius 1 is 0.674 bits per heavy atom. The number of piperidine rings is 1. The fourth-order valence-electron chi connectivity index (χ4n) is 15.3. The molecule has 8 rings (SSSR count). The lowest BCUT2D eigenvalue weighted by molar-refractivity contribution is -0.235. The van der Waals surface area contributed by atoms with Crippen molar-refractivity contribution >= 4 is 5.91 Å². The average Bonchev–Trinajstić information content (AvgIpc) is 3.65. The van der Waals surface area contributed by atoms with Crippen LogP contribution < -0.4 is 0 Å². The number of carbonyl (C=O) groups is 1. The molecule has 0 aromatic carbocycles. The number of piperazine rings is 1. The summed E-state index contributed by atoms with van der Waals surface area (Å²) in [5.41, 5.74) is 2.03. The highest BCUT2D eigenvalue weighted by atomic mass is 16.2. The largest absolute Gasteiger partial charge is 0.342 e. The number of hydrogen-bond acceptors (Lipinski definition) is 3. The van der Waals surface area contributed by atoms with Crippen molar-refractivity contribution < 1.29 is 4.79 Å². The predicted octanol–water partition coefficient (Wildman–Crippen LogP) is 8.70. The van der Waals surface area contributed by atoms with Gasteiger partial charge in [-0.1, -0.05) is 48.5 Å². The quantitative estimate of drug-likeness (QED) is 0.310. The van der Waals surface area contributed by atoms with Crippen LogP contribution in [0.5, 0.6) is 0 Å². The highest BCUT2D eigenvalue weighted by Crippen LogP contribution is 2.79. The molecule has 6 aliphatic carbocycles. The van der Waals surface area contributed by atoms with Crippen LogP contribution in [-0.2, 0) is 4.79 Å². The van der Waals surface area contributed by atoms with E-state index in [1.807, 2.05) is 0 Å². The Balaban J connectivity index is 1.06. The average molecular weight is 633 g/mol. The first kappa shape index (κ1) is 32.6. The summed E-state index contributed by atoms with van der Waals surface area (Å²) < 4.78 is 0. The van der Waals surface area contributed by atoms with Gasteiger partial charge in [0, 0.05) is 45.3 Å². The molecule has 0 spiro atoms.